The number of aryl methyl sites for hydroxylation is 5. The molecule has 5 aromatic rings. The molecule has 40 heavy (non-hydrogen) atoms. The molecule has 0 saturated heterocycles. The second-order valence-corrected chi connectivity index (χ2v) is 14.0. The second kappa shape index (κ2) is 8.60. The monoisotopic (exact) mass is 537 g/mol. The van der Waals surface area contributed by atoms with Crippen LogP contribution in [0.1, 0.15) is 72.6 Å². The molecule has 1 aliphatic carbocycles. The fraction of sp³-hybridized carbons (Fsp3) is 0.297. The van der Waals surface area contributed by atoms with E-state index in [1.54, 1.807) is 0 Å². The number of unbranched alkanes of at least 4 members (excludes halogenated alkanes) is 1. The molecule has 0 amide bonds. The van der Waals surface area contributed by atoms with Crippen molar-refractivity contribution in [2.75, 3.05) is 4.90 Å². The quantitative estimate of drug-likeness (QED) is 0.207. The van der Waals surface area contributed by atoms with Crippen LogP contribution in [0.2, 0.25) is 0 Å². The van der Waals surface area contributed by atoms with Gasteiger partial charge in [-0.15, -0.1) is 11.3 Å². The summed E-state index contributed by atoms with van der Waals surface area (Å²) in [5, 5.41) is 1.42. The number of anilines is 3. The van der Waals surface area contributed by atoms with Crippen LogP contribution < -0.4 is 20.6 Å². The van der Waals surface area contributed by atoms with Crippen molar-refractivity contribution in [1.82, 2.24) is 0 Å². The molecule has 198 valence electrons. The van der Waals surface area contributed by atoms with Gasteiger partial charge in [-0.25, -0.2) is 0 Å². The standard InChI is InChI=1S/C37H36BNS/c1-6-7-8-24-10-16-33-28(20-24)35-36(40-33)38-31-18-22(2)9-15-29(31)37(4,5)30-17-23(3)19-32(34(30)38)39(35)27-14-13-25-11-12-26(25)21-27/h9-10,13-21H,6-8,11-12H2,1-5H3. The molecule has 0 N–H and O–H groups in total. The Kier molecular flexibility index (Phi) is 5.27. The molecule has 1 aromatic heterocycles. The van der Waals surface area contributed by atoms with Gasteiger partial charge in [-0.1, -0.05) is 74.6 Å². The molecule has 0 saturated carbocycles. The first-order valence-corrected chi connectivity index (χ1v) is 15.9. The molecule has 0 radical (unpaired) electrons. The Morgan fingerprint density at radius 3 is 2.48 bits per heavy atom. The third-order valence-corrected chi connectivity index (χ3v) is 11.1. The Balaban J connectivity index is 1.49. The highest BCUT2D eigenvalue weighted by Gasteiger charge is 2.47. The van der Waals surface area contributed by atoms with Crippen LogP contribution in [0.25, 0.3) is 10.1 Å². The van der Waals surface area contributed by atoms with E-state index in [9.17, 15) is 0 Å². The molecular formula is C37H36BNS. The summed E-state index contributed by atoms with van der Waals surface area (Å²) in [5.74, 6) is 0. The molecular weight excluding hydrogens is 501 g/mol. The predicted octanol–water partition coefficient (Wildman–Crippen LogP) is 7.90. The first-order chi connectivity index (χ1) is 19.3. The van der Waals surface area contributed by atoms with Gasteiger partial charge < -0.3 is 4.90 Å². The summed E-state index contributed by atoms with van der Waals surface area (Å²) >= 11 is 2.02. The molecule has 0 spiro atoms. The average Bonchev–Trinajstić information content (AvgIpc) is 3.28. The summed E-state index contributed by atoms with van der Waals surface area (Å²) in [6.07, 6.45) is 6.03. The number of fused-ring (bicyclic) bond motifs is 7. The van der Waals surface area contributed by atoms with Gasteiger partial charge in [0.2, 0.25) is 0 Å². The van der Waals surface area contributed by atoms with Crippen LogP contribution in [0.3, 0.4) is 0 Å². The zero-order valence-corrected chi connectivity index (χ0v) is 25.1. The lowest BCUT2D eigenvalue weighted by molar-refractivity contribution is 0.645. The van der Waals surface area contributed by atoms with E-state index in [-0.39, 0.29) is 12.1 Å². The Morgan fingerprint density at radius 2 is 1.70 bits per heavy atom. The molecule has 1 nitrogen and oxygen atoms in total. The predicted molar refractivity (Wildman–Crippen MR) is 175 cm³/mol. The van der Waals surface area contributed by atoms with Gasteiger partial charge in [0.05, 0.1) is 5.69 Å². The zero-order valence-electron chi connectivity index (χ0n) is 24.3. The Bertz CT molecular complexity index is 1860. The van der Waals surface area contributed by atoms with Crippen LogP contribution >= 0.6 is 11.3 Å². The molecule has 0 unspecified atom stereocenters. The van der Waals surface area contributed by atoms with Crippen molar-refractivity contribution in [2.45, 2.75) is 72.1 Å². The zero-order chi connectivity index (χ0) is 27.3. The molecule has 0 atom stereocenters. The lowest BCUT2D eigenvalue weighted by atomic mass is 9.32. The van der Waals surface area contributed by atoms with Crippen LogP contribution in [0.5, 0.6) is 0 Å². The highest BCUT2D eigenvalue weighted by molar-refractivity contribution is 7.33. The number of benzene rings is 4. The van der Waals surface area contributed by atoms with E-state index >= 15 is 0 Å². The van der Waals surface area contributed by atoms with Crippen LogP contribution in [-0.2, 0) is 24.7 Å². The van der Waals surface area contributed by atoms with Crippen molar-refractivity contribution < 1.29 is 0 Å². The summed E-state index contributed by atoms with van der Waals surface area (Å²) in [4.78, 5) is 2.65. The highest BCUT2D eigenvalue weighted by atomic mass is 32.1. The van der Waals surface area contributed by atoms with Crippen molar-refractivity contribution in [3.05, 3.63) is 106 Å². The van der Waals surface area contributed by atoms with Crippen molar-refractivity contribution in [2.24, 2.45) is 0 Å². The molecule has 8 rings (SSSR count). The van der Waals surface area contributed by atoms with Crippen molar-refractivity contribution >= 4 is 60.9 Å². The Hall–Kier alpha value is -3.30. The number of rotatable bonds is 4. The van der Waals surface area contributed by atoms with Crippen LogP contribution in [0, 0.1) is 13.8 Å². The number of nitrogens with zero attached hydrogens (tertiary/aromatic N) is 1. The van der Waals surface area contributed by atoms with E-state index < -0.39 is 0 Å². The SMILES string of the molecule is CCCCc1ccc2sc3c(c2c1)N(c1ccc2c(c1)CC2)c1cc(C)cc2c1B3c1cc(C)ccc1C2(C)C. The topological polar surface area (TPSA) is 3.24 Å². The number of hydrogen-bond donors (Lipinski definition) is 0. The largest absolute Gasteiger partial charge is 0.310 e. The van der Waals surface area contributed by atoms with Gasteiger partial charge in [0.15, 0.2) is 0 Å². The maximum atomic E-state index is 2.65. The second-order valence-electron chi connectivity index (χ2n) is 12.9. The van der Waals surface area contributed by atoms with Gasteiger partial charge in [0.25, 0.3) is 6.71 Å². The van der Waals surface area contributed by atoms with E-state index in [1.165, 1.54) is 107 Å². The molecule has 2 aliphatic heterocycles. The van der Waals surface area contributed by atoms with Gasteiger partial charge in [0, 0.05) is 31.7 Å². The summed E-state index contributed by atoms with van der Waals surface area (Å²) in [5.41, 5.74) is 17.2. The highest BCUT2D eigenvalue weighted by Crippen LogP contribution is 2.48. The van der Waals surface area contributed by atoms with Crippen LogP contribution in [0.15, 0.2) is 66.7 Å². The lowest BCUT2D eigenvalue weighted by Gasteiger charge is -2.45. The third-order valence-electron chi connectivity index (χ3n) is 9.87. The van der Waals surface area contributed by atoms with Crippen molar-refractivity contribution in [3.63, 3.8) is 0 Å². The molecule has 3 heteroatoms. The van der Waals surface area contributed by atoms with Crippen LogP contribution in [0.4, 0.5) is 17.1 Å². The first kappa shape index (κ1) is 24.5. The fourth-order valence-electron chi connectivity index (χ4n) is 7.67. The minimum atomic E-state index is -0.0523. The molecule has 0 bridgehead atoms. The summed E-state index contributed by atoms with van der Waals surface area (Å²) in [6, 6.07) is 26.7. The molecule has 4 aromatic carbocycles. The normalized spacial score (nSPS) is 15.8. The summed E-state index contributed by atoms with van der Waals surface area (Å²) in [7, 11) is 0. The van der Waals surface area contributed by atoms with Crippen LogP contribution in [-0.4, -0.2) is 6.71 Å². The first-order valence-electron chi connectivity index (χ1n) is 15.1. The summed E-state index contributed by atoms with van der Waals surface area (Å²) in [6.45, 7) is 12.0. The maximum absolute atomic E-state index is 2.65. The third kappa shape index (κ3) is 3.34. The minimum Gasteiger partial charge on any atom is -0.310 e. The lowest BCUT2D eigenvalue weighted by Crippen LogP contribution is -2.63. The molecule has 3 heterocycles. The maximum Gasteiger partial charge on any atom is 0.260 e. The van der Waals surface area contributed by atoms with Crippen molar-refractivity contribution in [1.29, 1.82) is 0 Å². The van der Waals surface area contributed by atoms with Gasteiger partial charge >= 0.3 is 0 Å². The fourth-order valence-corrected chi connectivity index (χ4v) is 8.97. The molecule has 0 fully saturated rings. The smallest absolute Gasteiger partial charge is 0.260 e. The van der Waals surface area contributed by atoms with E-state index in [1.807, 2.05) is 11.3 Å². The van der Waals surface area contributed by atoms with Gasteiger partial charge in [0.1, 0.15) is 0 Å². The van der Waals surface area contributed by atoms with Gasteiger partial charge in [-0.2, -0.15) is 0 Å². The number of thiophene rings is 1. The average molecular weight is 538 g/mol. The van der Waals surface area contributed by atoms with E-state index in [4.69, 9.17) is 0 Å². The minimum absolute atomic E-state index is 0.0523. The Morgan fingerprint density at radius 1 is 0.850 bits per heavy atom. The molecule has 3 aliphatic rings. The van der Waals surface area contributed by atoms with Crippen molar-refractivity contribution in [3.8, 4) is 0 Å². The van der Waals surface area contributed by atoms with Gasteiger partial charge in [-0.3, -0.25) is 0 Å². The Labute approximate surface area is 243 Å². The summed E-state index contributed by atoms with van der Waals surface area (Å²) < 4.78 is 2.91. The number of hydrogen-bond acceptors (Lipinski definition) is 2. The van der Waals surface area contributed by atoms with E-state index in [2.05, 4.69) is 106 Å². The van der Waals surface area contributed by atoms with E-state index in [0.29, 0.717) is 0 Å². The van der Waals surface area contributed by atoms with E-state index in [0.717, 1.165) is 6.42 Å². The van der Waals surface area contributed by atoms with Gasteiger partial charge in [-0.05, 0) is 109 Å².